The summed E-state index contributed by atoms with van der Waals surface area (Å²) in [7, 11) is 3.56. The first-order valence-corrected chi connectivity index (χ1v) is 5.92. The van der Waals surface area contributed by atoms with Crippen molar-refractivity contribution in [2.75, 3.05) is 33.8 Å². The maximum absolute atomic E-state index is 11.4. The highest BCUT2D eigenvalue weighted by Gasteiger charge is 2.38. The van der Waals surface area contributed by atoms with E-state index < -0.39 is 0 Å². The molecule has 0 aromatic rings. The third-order valence-corrected chi connectivity index (χ3v) is 3.37. The van der Waals surface area contributed by atoms with Crippen LogP contribution in [-0.4, -0.2) is 61.1 Å². The van der Waals surface area contributed by atoms with E-state index in [1.54, 1.807) is 0 Å². The van der Waals surface area contributed by atoms with Crippen molar-refractivity contribution in [2.24, 2.45) is 0 Å². The minimum absolute atomic E-state index is 0.116. The SMILES string of the molecule is CCN1C(CC(=O)OC)CN(C)CC1(C)C. The molecule has 1 aliphatic rings. The van der Waals surface area contributed by atoms with Crippen LogP contribution in [0.4, 0.5) is 0 Å². The van der Waals surface area contributed by atoms with E-state index >= 15 is 0 Å². The third-order valence-electron chi connectivity index (χ3n) is 3.37. The standard InChI is InChI=1S/C12H24N2O2/c1-6-14-10(7-11(15)16-5)8-13(4)9-12(14,2)3/h10H,6-9H2,1-5H3. The molecule has 4 nitrogen and oxygen atoms in total. The molecular weight excluding hydrogens is 204 g/mol. The highest BCUT2D eigenvalue weighted by molar-refractivity contribution is 5.70. The Morgan fingerprint density at radius 1 is 1.50 bits per heavy atom. The smallest absolute Gasteiger partial charge is 0.307 e. The topological polar surface area (TPSA) is 32.8 Å². The first-order chi connectivity index (χ1) is 7.40. The predicted octanol–water partition coefficient (Wildman–Crippen LogP) is 0.964. The van der Waals surface area contributed by atoms with Crippen LogP contribution in [-0.2, 0) is 9.53 Å². The number of carbonyl (C=O) groups is 1. The number of likely N-dealkylation sites (N-methyl/N-ethyl adjacent to an activating group) is 2. The Labute approximate surface area is 98.5 Å². The average molecular weight is 228 g/mol. The molecule has 1 fully saturated rings. The van der Waals surface area contributed by atoms with Crippen LogP contribution in [0, 0.1) is 0 Å². The minimum Gasteiger partial charge on any atom is -0.469 e. The fraction of sp³-hybridized carbons (Fsp3) is 0.917. The van der Waals surface area contributed by atoms with E-state index in [1.807, 2.05) is 0 Å². The lowest BCUT2D eigenvalue weighted by Crippen LogP contribution is -2.63. The Morgan fingerprint density at radius 3 is 2.62 bits per heavy atom. The predicted molar refractivity (Wildman–Crippen MR) is 64.4 cm³/mol. The normalized spacial score (nSPS) is 26.7. The van der Waals surface area contributed by atoms with Crippen molar-refractivity contribution in [2.45, 2.75) is 38.8 Å². The molecule has 4 heteroatoms. The molecule has 1 rings (SSSR count). The van der Waals surface area contributed by atoms with Crippen LogP contribution in [0.2, 0.25) is 0 Å². The second-order valence-electron chi connectivity index (χ2n) is 5.23. The fourth-order valence-corrected chi connectivity index (χ4v) is 2.91. The van der Waals surface area contributed by atoms with Crippen molar-refractivity contribution in [3.8, 4) is 0 Å². The zero-order valence-corrected chi connectivity index (χ0v) is 11.1. The third kappa shape index (κ3) is 2.95. The Morgan fingerprint density at radius 2 is 2.12 bits per heavy atom. The summed E-state index contributed by atoms with van der Waals surface area (Å²) in [6, 6.07) is 0.270. The van der Waals surface area contributed by atoms with Gasteiger partial charge in [0.1, 0.15) is 0 Å². The monoisotopic (exact) mass is 228 g/mol. The number of rotatable bonds is 3. The van der Waals surface area contributed by atoms with Crippen molar-refractivity contribution in [1.29, 1.82) is 0 Å². The van der Waals surface area contributed by atoms with Crippen LogP contribution in [0.15, 0.2) is 0 Å². The summed E-state index contributed by atoms with van der Waals surface area (Å²) < 4.78 is 4.77. The van der Waals surface area contributed by atoms with Crippen molar-refractivity contribution in [1.82, 2.24) is 9.80 Å². The maximum atomic E-state index is 11.4. The second kappa shape index (κ2) is 5.15. The lowest BCUT2D eigenvalue weighted by atomic mass is 9.94. The molecule has 94 valence electrons. The quantitative estimate of drug-likeness (QED) is 0.674. The summed E-state index contributed by atoms with van der Waals surface area (Å²) in [4.78, 5) is 16.1. The van der Waals surface area contributed by atoms with E-state index in [0.717, 1.165) is 19.6 Å². The van der Waals surface area contributed by atoms with Crippen molar-refractivity contribution in [3.63, 3.8) is 0 Å². The highest BCUT2D eigenvalue weighted by Crippen LogP contribution is 2.25. The lowest BCUT2D eigenvalue weighted by Gasteiger charge is -2.50. The number of esters is 1. The molecule has 0 N–H and O–H groups in total. The Bertz CT molecular complexity index is 253. The molecule has 0 spiro atoms. The van der Waals surface area contributed by atoms with E-state index in [-0.39, 0.29) is 17.6 Å². The number of nitrogens with zero attached hydrogens (tertiary/aromatic N) is 2. The van der Waals surface area contributed by atoms with Gasteiger partial charge in [0.15, 0.2) is 0 Å². The fourth-order valence-electron chi connectivity index (χ4n) is 2.91. The van der Waals surface area contributed by atoms with Crippen LogP contribution in [0.3, 0.4) is 0 Å². The minimum atomic E-state index is -0.116. The largest absolute Gasteiger partial charge is 0.469 e. The van der Waals surface area contributed by atoms with E-state index in [0.29, 0.717) is 6.42 Å². The van der Waals surface area contributed by atoms with Gasteiger partial charge in [-0.05, 0) is 27.4 Å². The summed E-state index contributed by atoms with van der Waals surface area (Å²) in [5.74, 6) is -0.116. The van der Waals surface area contributed by atoms with Gasteiger partial charge in [-0.1, -0.05) is 6.92 Å². The molecule has 0 amide bonds. The Balaban J connectivity index is 2.75. The van der Waals surface area contributed by atoms with Gasteiger partial charge in [-0.25, -0.2) is 0 Å². The van der Waals surface area contributed by atoms with Gasteiger partial charge in [0.05, 0.1) is 13.5 Å². The van der Waals surface area contributed by atoms with Gasteiger partial charge in [-0.3, -0.25) is 9.69 Å². The zero-order valence-electron chi connectivity index (χ0n) is 11.1. The van der Waals surface area contributed by atoms with Gasteiger partial charge in [-0.15, -0.1) is 0 Å². The summed E-state index contributed by atoms with van der Waals surface area (Å²) in [5.41, 5.74) is 0.125. The zero-order chi connectivity index (χ0) is 12.3. The van der Waals surface area contributed by atoms with Crippen LogP contribution in [0.25, 0.3) is 0 Å². The van der Waals surface area contributed by atoms with Crippen molar-refractivity contribution in [3.05, 3.63) is 0 Å². The van der Waals surface area contributed by atoms with Crippen LogP contribution in [0.5, 0.6) is 0 Å². The van der Waals surface area contributed by atoms with Gasteiger partial charge in [0, 0.05) is 24.7 Å². The van der Waals surface area contributed by atoms with Gasteiger partial charge >= 0.3 is 5.97 Å². The van der Waals surface area contributed by atoms with Gasteiger partial charge < -0.3 is 9.64 Å². The van der Waals surface area contributed by atoms with E-state index in [4.69, 9.17) is 4.74 Å². The molecule has 0 aromatic carbocycles. The molecule has 0 radical (unpaired) electrons. The summed E-state index contributed by atoms with van der Waals surface area (Å²) in [6.07, 6.45) is 0.484. The lowest BCUT2D eigenvalue weighted by molar-refractivity contribution is -0.143. The number of hydrogen-bond donors (Lipinski definition) is 0. The molecule has 1 saturated heterocycles. The summed E-state index contributed by atoms with van der Waals surface area (Å²) >= 11 is 0. The number of hydrogen-bond acceptors (Lipinski definition) is 4. The van der Waals surface area contributed by atoms with E-state index in [9.17, 15) is 4.79 Å². The molecule has 16 heavy (non-hydrogen) atoms. The van der Waals surface area contributed by atoms with Crippen molar-refractivity contribution >= 4 is 5.97 Å². The van der Waals surface area contributed by atoms with Crippen LogP contribution in [0.1, 0.15) is 27.2 Å². The molecule has 1 heterocycles. The average Bonchev–Trinajstić information content (AvgIpc) is 2.15. The van der Waals surface area contributed by atoms with Gasteiger partial charge in [0.25, 0.3) is 0 Å². The number of ether oxygens (including phenoxy) is 1. The maximum Gasteiger partial charge on any atom is 0.307 e. The van der Waals surface area contributed by atoms with Gasteiger partial charge in [-0.2, -0.15) is 0 Å². The molecule has 1 atom stereocenters. The molecule has 1 aliphatic heterocycles. The highest BCUT2D eigenvalue weighted by atomic mass is 16.5. The molecule has 0 saturated carbocycles. The van der Waals surface area contributed by atoms with Gasteiger partial charge in [0.2, 0.25) is 0 Å². The van der Waals surface area contributed by atoms with Crippen LogP contribution < -0.4 is 0 Å². The Kier molecular flexibility index (Phi) is 4.33. The molecular formula is C12H24N2O2. The molecule has 0 bridgehead atoms. The summed E-state index contributed by atoms with van der Waals surface area (Å²) in [6.45, 7) is 9.57. The number of piperazine rings is 1. The molecule has 0 aliphatic carbocycles. The number of carbonyl (C=O) groups excluding carboxylic acids is 1. The first-order valence-electron chi connectivity index (χ1n) is 5.92. The summed E-state index contributed by atoms with van der Waals surface area (Å²) in [5, 5.41) is 0. The first kappa shape index (κ1) is 13.5. The number of methoxy groups -OCH3 is 1. The van der Waals surface area contributed by atoms with Crippen LogP contribution >= 0.6 is 0 Å². The second-order valence-corrected chi connectivity index (χ2v) is 5.23. The van der Waals surface area contributed by atoms with E-state index in [2.05, 4.69) is 37.6 Å². The Hall–Kier alpha value is -0.610. The molecule has 1 unspecified atom stereocenters. The van der Waals surface area contributed by atoms with Crippen molar-refractivity contribution < 1.29 is 9.53 Å². The molecule has 0 aromatic heterocycles. The van der Waals surface area contributed by atoms with E-state index in [1.165, 1.54) is 7.11 Å².